The first-order valence-electron chi connectivity index (χ1n) is 4.53. The first kappa shape index (κ1) is 12.5. The van der Waals surface area contributed by atoms with E-state index in [1.54, 1.807) is 0 Å². The number of Topliss-reactive ketones (excluding diaryl/α,β-unsaturated/α-hetero) is 1. The molecule has 0 heterocycles. The highest BCUT2D eigenvalue weighted by atomic mass is 16.6. The molecular weight excluding hydrogens is 228 g/mol. The fourth-order valence-corrected chi connectivity index (χ4v) is 1.13. The molecule has 1 aromatic rings. The lowest BCUT2D eigenvalue weighted by Gasteiger charge is -1.95. The van der Waals surface area contributed by atoms with Gasteiger partial charge >= 0.3 is 5.70 Å². The Hall–Kier alpha value is -2.57. The van der Waals surface area contributed by atoms with Crippen molar-refractivity contribution in [1.82, 2.24) is 0 Å². The average Bonchev–Trinajstić information content (AvgIpc) is 2.25. The molecule has 0 N–H and O–H groups in total. The summed E-state index contributed by atoms with van der Waals surface area (Å²) in [6.07, 6.45) is 1.08. The summed E-state index contributed by atoms with van der Waals surface area (Å²) in [7, 11) is 0. The second kappa shape index (κ2) is 4.97. The molecule has 0 aromatic heterocycles. The Kier molecular flexibility index (Phi) is 3.66. The van der Waals surface area contributed by atoms with Gasteiger partial charge in [-0.25, -0.2) is 0 Å². The Morgan fingerprint density at radius 1 is 1.18 bits per heavy atom. The zero-order valence-electron chi connectivity index (χ0n) is 8.82. The first-order chi connectivity index (χ1) is 7.91. The van der Waals surface area contributed by atoms with E-state index in [2.05, 4.69) is 0 Å². The third-order valence-electron chi connectivity index (χ3n) is 1.96. The van der Waals surface area contributed by atoms with Crippen molar-refractivity contribution in [3.05, 3.63) is 55.8 Å². The second-order valence-corrected chi connectivity index (χ2v) is 3.19. The SMILES string of the molecule is CC(=O)/C(=C/c1ccc([N+](=O)[O-])cc1)[N+](=O)[O-]. The van der Waals surface area contributed by atoms with Crippen LogP contribution < -0.4 is 0 Å². The number of rotatable bonds is 4. The standard InChI is InChI=1S/C10H8N2O5/c1-7(13)10(12(16)17)6-8-2-4-9(5-3-8)11(14)15/h2-6H,1H3/b10-6-. The molecule has 0 atom stereocenters. The lowest BCUT2D eigenvalue weighted by atomic mass is 10.1. The Morgan fingerprint density at radius 3 is 2.06 bits per heavy atom. The Labute approximate surface area is 95.7 Å². The van der Waals surface area contributed by atoms with E-state index in [-0.39, 0.29) is 5.69 Å². The zero-order valence-corrected chi connectivity index (χ0v) is 8.82. The molecule has 7 nitrogen and oxygen atoms in total. The highest BCUT2D eigenvalue weighted by Gasteiger charge is 2.16. The predicted molar refractivity (Wildman–Crippen MR) is 58.7 cm³/mol. The highest BCUT2D eigenvalue weighted by Crippen LogP contribution is 2.14. The summed E-state index contributed by atoms with van der Waals surface area (Å²) in [6, 6.07) is 5.10. The minimum atomic E-state index is -0.788. The predicted octanol–water partition coefficient (Wildman–Crippen LogP) is 1.80. The van der Waals surface area contributed by atoms with Crippen LogP contribution >= 0.6 is 0 Å². The quantitative estimate of drug-likeness (QED) is 0.450. The fourth-order valence-electron chi connectivity index (χ4n) is 1.13. The van der Waals surface area contributed by atoms with Gasteiger partial charge in [0.25, 0.3) is 5.69 Å². The van der Waals surface area contributed by atoms with Gasteiger partial charge in [0, 0.05) is 25.1 Å². The van der Waals surface area contributed by atoms with E-state index in [9.17, 15) is 25.0 Å². The van der Waals surface area contributed by atoms with Gasteiger partial charge in [-0.2, -0.15) is 0 Å². The molecule has 1 aromatic carbocycles. The van der Waals surface area contributed by atoms with Crippen LogP contribution in [0, 0.1) is 20.2 Å². The molecule has 0 spiro atoms. The van der Waals surface area contributed by atoms with Crippen LogP contribution in [-0.4, -0.2) is 15.6 Å². The molecule has 0 aliphatic rings. The van der Waals surface area contributed by atoms with Crippen LogP contribution in [0.2, 0.25) is 0 Å². The van der Waals surface area contributed by atoms with E-state index in [0.29, 0.717) is 5.56 Å². The van der Waals surface area contributed by atoms with Gasteiger partial charge in [-0.3, -0.25) is 25.0 Å². The van der Waals surface area contributed by atoms with Gasteiger partial charge in [0.15, 0.2) is 0 Å². The van der Waals surface area contributed by atoms with Crippen molar-refractivity contribution >= 4 is 17.5 Å². The minimum Gasteiger partial charge on any atom is -0.288 e. The molecule has 0 aliphatic heterocycles. The van der Waals surface area contributed by atoms with E-state index in [4.69, 9.17) is 0 Å². The van der Waals surface area contributed by atoms with Crippen molar-refractivity contribution in [2.45, 2.75) is 6.92 Å². The lowest BCUT2D eigenvalue weighted by molar-refractivity contribution is -0.417. The van der Waals surface area contributed by atoms with Crippen LogP contribution in [0.3, 0.4) is 0 Å². The highest BCUT2D eigenvalue weighted by molar-refractivity contribution is 5.95. The van der Waals surface area contributed by atoms with Gasteiger partial charge in [0.1, 0.15) is 0 Å². The van der Waals surface area contributed by atoms with E-state index in [1.165, 1.54) is 24.3 Å². The van der Waals surface area contributed by atoms with Crippen LogP contribution in [0.1, 0.15) is 12.5 Å². The third-order valence-corrected chi connectivity index (χ3v) is 1.96. The molecular formula is C10H8N2O5. The van der Waals surface area contributed by atoms with Gasteiger partial charge in [0.2, 0.25) is 5.78 Å². The van der Waals surface area contributed by atoms with Crippen LogP contribution in [0.15, 0.2) is 30.0 Å². The van der Waals surface area contributed by atoms with Crippen molar-refractivity contribution < 1.29 is 14.6 Å². The van der Waals surface area contributed by atoms with Gasteiger partial charge in [0.05, 0.1) is 9.85 Å². The molecule has 0 aliphatic carbocycles. The number of carbonyl (C=O) groups is 1. The van der Waals surface area contributed by atoms with Crippen LogP contribution in [0.4, 0.5) is 5.69 Å². The molecule has 0 saturated carbocycles. The Morgan fingerprint density at radius 2 is 1.71 bits per heavy atom. The average molecular weight is 236 g/mol. The number of hydrogen-bond donors (Lipinski definition) is 0. The fraction of sp³-hybridized carbons (Fsp3) is 0.100. The number of carbonyl (C=O) groups excluding carboxylic acids is 1. The Bertz CT molecular complexity index is 488. The second-order valence-electron chi connectivity index (χ2n) is 3.19. The molecule has 0 bridgehead atoms. The molecule has 0 saturated heterocycles. The molecule has 0 fully saturated rings. The summed E-state index contributed by atoms with van der Waals surface area (Å²) in [5.41, 5.74) is -0.316. The van der Waals surface area contributed by atoms with Gasteiger partial charge in [-0.15, -0.1) is 0 Å². The van der Waals surface area contributed by atoms with Gasteiger partial charge < -0.3 is 0 Å². The van der Waals surface area contributed by atoms with Crippen LogP contribution in [0.5, 0.6) is 0 Å². The largest absolute Gasteiger partial charge is 0.312 e. The number of non-ortho nitro benzene ring substituents is 1. The van der Waals surface area contributed by atoms with Gasteiger partial charge in [-0.1, -0.05) is 0 Å². The first-order valence-corrected chi connectivity index (χ1v) is 4.53. The number of ketones is 1. The summed E-state index contributed by atoms with van der Waals surface area (Å²) in [5.74, 6) is -0.673. The molecule has 0 amide bonds. The molecule has 7 heteroatoms. The number of nitrogens with zero attached hydrogens (tertiary/aromatic N) is 2. The number of nitro benzene ring substituents is 1. The van der Waals surface area contributed by atoms with Crippen molar-refractivity contribution in [1.29, 1.82) is 0 Å². The van der Waals surface area contributed by atoms with E-state index in [0.717, 1.165) is 13.0 Å². The molecule has 88 valence electrons. The normalized spacial score (nSPS) is 11.0. The molecule has 17 heavy (non-hydrogen) atoms. The molecule has 0 unspecified atom stereocenters. The number of hydrogen-bond acceptors (Lipinski definition) is 5. The topological polar surface area (TPSA) is 103 Å². The molecule has 0 radical (unpaired) electrons. The minimum absolute atomic E-state index is 0.118. The smallest absolute Gasteiger partial charge is 0.288 e. The summed E-state index contributed by atoms with van der Waals surface area (Å²) >= 11 is 0. The number of nitro groups is 2. The van der Waals surface area contributed by atoms with Crippen molar-refractivity contribution in [3.8, 4) is 0 Å². The third kappa shape index (κ3) is 3.20. The summed E-state index contributed by atoms with van der Waals surface area (Å²) in [4.78, 5) is 30.5. The molecule has 1 rings (SSSR count). The summed E-state index contributed by atoms with van der Waals surface area (Å²) < 4.78 is 0. The van der Waals surface area contributed by atoms with Crippen molar-refractivity contribution in [2.24, 2.45) is 0 Å². The maximum atomic E-state index is 10.9. The maximum absolute atomic E-state index is 10.9. The number of allylic oxidation sites excluding steroid dienone is 1. The van der Waals surface area contributed by atoms with E-state index >= 15 is 0 Å². The lowest BCUT2D eigenvalue weighted by Crippen LogP contribution is -2.07. The number of benzene rings is 1. The monoisotopic (exact) mass is 236 g/mol. The van der Waals surface area contributed by atoms with Gasteiger partial charge in [-0.05, 0) is 17.7 Å². The van der Waals surface area contributed by atoms with E-state index < -0.39 is 21.3 Å². The summed E-state index contributed by atoms with van der Waals surface area (Å²) in [6.45, 7) is 1.08. The van der Waals surface area contributed by atoms with Crippen molar-refractivity contribution in [3.63, 3.8) is 0 Å². The van der Waals surface area contributed by atoms with Crippen LogP contribution in [0.25, 0.3) is 6.08 Å². The summed E-state index contributed by atoms with van der Waals surface area (Å²) in [5, 5.41) is 20.9. The zero-order chi connectivity index (χ0) is 13.0. The van der Waals surface area contributed by atoms with Crippen LogP contribution in [-0.2, 0) is 4.79 Å². The van der Waals surface area contributed by atoms with Crippen molar-refractivity contribution in [2.75, 3.05) is 0 Å². The Balaban J connectivity index is 3.09. The maximum Gasteiger partial charge on any atom is 0.312 e. The van der Waals surface area contributed by atoms with E-state index in [1.807, 2.05) is 0 Å².